The highest BCUT2D eigenvalue weighted by Crippen LogP contribution is 2.07. The van der Waals surface area contributed by atoms with Crippen LogP contribution in [0.5, 0.6) is 0 Å². The summed E-state index contributed by atoms with van der Waals surface area (Å²) in [6.07, 6.45) is 7.22. The second-order valence-corrected chi connectivity index (χ2v) is 2.87. The first-order valence-corrected chi connectivity index (χ1v) is 4.46. The largest absolute Gasteiger partial charge is 0.345 e. The zero-order valence-electron chi connectivity index (χ0n) is 6.87. The number of hydrogen-bond donors (Lipinski definition) is 1. The molecule has 0 atom stereocenters. The molecule has 0 spiro atoms. The maximum atomic E-state index is 5.51. The van der Waals surface area contributed by atoms with Gasteiger partial charge in [-0.05, 0) is 12.1 Å². The lowest BCUT2D eigenvalue weighted by Crippen LogP contribution is -1.84. The van der Waals surface area contributed by atoms with E-state index in [1.807, 2.05) is 24.4 Å². The van der Waals surface area contributed by atoms with Crippen LogP contribution in [0.15, 0.2) is 24.5 Å². The van der Waals surface area contributed by atoms with Crippen molar-refractivity contribution in [1.29, 1.82) is 0 Å². The van der Waals surface area contributed by atoms with Crippen LogP contribution in [0.1, 0.15) is 5.69 Å². The minimum absolute atomic E-state index is 0.493. The molecule has 0 aromatic carbocycles. The fraction of sp³-hybridized carbons (Fsp3) is 0.111. The normalized spacial score (nSPS) is 11.5. The van der Waals surface area contributed by atoms with Crippen molar-refractivity contribution in [3.8, 4) is 0 Å². The molecule has 0 radical (unpaired) electrons. The number of aromatic nitrogens is 3. The molecule has 0 amide bonds. The van der Waals surface area contributed by atoms with E-state index in [4.69, 9.17) is 11.6 Å². The van der Waals surface area contributed by atoms with E-state index in [1.165, 1.54) is 0 Å². The lowest BCUT2D eigenvalue weighted by atomic mass is 10.4. The number of allylic oxidation sites excluding steroid dienone is 1. The number of hydrogen-bond acceptors (Lipinski definition) is 2. The Hall–Kier alpha value is -1.35. The molecule has 0 aliphatic carbocycles. The second-order valence-electron chi connectivity index (χ2n) is 2.56. The van der Waals surface area contributed by atoms with Crippen molar-refractivity contribution in [3.63, 3.8) is 0 Å². The average Bonchev–Trinajstić information content (AvgIpc) is 2.61. The molecular formula is C9H8ClN3. The molecule has 0 fully saturated rings. The lowest BCUT2D eigenvalue weighted by Gasteiger charge is -1.91. The predicted octanol–water partition coefficient (Wildman–Crippen LogP) is 2.21. The van der Waals surface area contributed by atoms with E-state index >= 15 is 0 Å². The molecule has 2 heterocycles. The summed E-state index contributed by atoms with van der Waals surface area (Å²) in [5.74, 6) is 0.493. The van der Waals surface area contributed by atoms with Crippen molar-refractivity contribution >= 4 is 28.8 Å². The Labute approximate surface area is 80.5 Å². The van der Waals surface area contributed by atoms with Gasteiger partial charge in [-0.1, -0.05) is 6.08 Å². The summed E-state index contributed by atoms with van der Waals surface area (Å²) in [4.78, 5) is 11.5. The number of alkyl halides is 1. The molecule has 0 bridgehead atoms. The van der Waals surface area contributed by atoms with Crippen LogP contribution in [-0.4, -0.2) is 20.8 Å². The minimum Gasteiger partial charge on any atom is -0.345 e. The van der Waals surface area contributed by atoms with Gasteiger partial charge < -0.3 is 4.98 Å². The summed E-state index contributed by atoms with van der Waals surface area (Å²) in [7, 11) is 0. The molecule has 2 rings (SSSR count). The SMILES string of the molecule is ClCC=Cc1cnc2[nH]ccc2n1. The van der Waals surface area contributed by atoms with Crippen LogP contribution in [0.3, 0.4) is 0 Å². The molecule has 0 aliphatic heterocycles. The third-order valence-corrected chi connectivity index (χ3v) is 1.84. The Morgan fingerprint density at radius 1 is 1.54 bits per heavy atom. The van der Waals surface area contributed by atoms with Crippen LogP contribution < -0.4 is 0 Å². The summed E-state index contributed by atoms with van der Waals surface area (Å²) < 4.78 is 0. The molecule has 0 saturated heterocycles. The fourth-order valence-corrected chi connectivity index (χ4v) is 1.18. The van der Waals surface area contributed by atoms with Crippen LogP contribution in [0, 0.1) is 0 Å². The van der Waals surface area contributed by atoms with Gasteiger partial charge in [0.05, 0.1) is 11.9 Å². The van der Waals surface area contributed by atoms with E-state index in [0.29, 0.717) is 5.88 Å². The van der Waals surface area contributed by atoms with E-state index in [-0.39, 0.29) is 0 Å². The number of halogens is 1. The van der Waals surface area contributed by atoms with Gasteiger partial charge in [0.15, 0.2) is 5.65 Å². The number of fused-ring (bicyclic) bond motifs is 1. The Morgan fingerprint density at radius 3 is 3.31 bits per heavy atom. The number of nitrogens with zero attached hydrogens (tertiary/aromatic N) is 2. The molecule has 0 saturated carbocycles. The molecule has 0 unspecified atom stereocenters. The average molecular weight is 194 g/mol. The van der Waals surface area contributed by atoms with E-state index in [2.05, 4.69) is 15.0 Å². The number of aromatic amines is 1. The third-order valence-electron chi connectivity index (χ3n) is 1.66. The van der Waals surface area contributed by atoms with Crippen LogP contribution in [0.4, 0.5) is 0 Å². The third kappa shape index (κ3) is 1.70. The summed E-state index contributed by atoms with van der Waals surface area (Å²) in [5.41, 5.74) is 2.51. The van der Waals surface area contributed by atoms with Crippen molar-refractivity contribution in [2.45, 2.75) is 0 Å². The number of nitrogens with one attached hydrogen (secondary N) is 1. The molecular weight excluding hydrogens is 186 g/mol. The van der Waals surface area contributed by atoms with Crippen molar-refractivity contribution < 1.29 is 0 Å². The highest BCUT2D eigenvalue weighted by Gasteiger charge is 1.96. The maximum absolute atomic E-state index is 5.51. The first kappa shape index (κ1) is 8.26. The van der Waals surface area contributed by atoms with Crippen molar-refractivity contribution in [2.24, 2.45) is 0 Å². The quantitative estimate of drug-likeness (QED) is 0.743. The molecule has 1 N–H and O–H groups in total. The molecule has 0 aliphatic rings. The molecule has 66 valence electrons. The number of H-pyrrole nitrogens is 1. The summed E-state index contributed by atoms with van der Waals surface area (Å²) >= 11 is 5.51. The van der Waals surface area contributed by atoms with Crippen LogP contribution in [-0.2, 0) is 0 Å². The zero-order valence-corrected chi connectivity index (χ0v) is 7.62. The van der Waals surface area contributed by atoms with E-state index in [0.717, 1.165) is 16.9 Å². The van der Waals surface area contributed by atoms with E-state index < -0.39 is 0 Å². The first-order chi connectivity index (χ1) is 6.40. The highest BCUT2D eigenvalue weighted by molar-refractivity contribution is 6.19. The molecule has 2 aromatic heterocycles. The summed E-state index contributed by atoms with van der Waals surface area (Å²) in [6.45, 7) is 0. The Balaban J connectivity index is 2.42. The van der Waals surface area contributed by atoms with Crippen molar-refractivity contribution in [3.05, 3.63) is 30.2 Å². The van der Waals surface area contributed by atoms with Gasteiger partial charge in [0.2, 0.25) is 0 Å². The Bertz CT molecular complexity index is 433. The van der Waals surface area contributed by atoms with Gasteiger partial charge in [0.1, 0.15) is 5.52 Å². The van der Waals surface area contributed by atoms with Gasteiger partial charge in [0.25, 0.3) is 0 Å². The minimum atomic E-state index is 0.493. The van der Waals surface area contributed by atoms with Crippen molar-refractivity contribution in [2.75, 3.05) is 5.88 Å². The number of rotatable bonds is 2. The van der Waals surface area contributed by atoms with Crippen LogP contribution >= 0.6 is 11.6 Å². The topological polar surface area (TPSA) is 41.6 Å². The van der Waals surface area contributed by atoms with E-state index in [9.17, 15) is 0 Å². The molecule has 3 nitrogen and oxygen atoms in total. The molecule has 2 aromatic rings. The Kier molecular flexibility index (Phi) is 2.27. The van der Waals surface area contributed by atoms with Crippen LogP contribution in [0.2, 0.25) is 0 Å². The maximum Gasteiger partial charge on any atom is 0.156 e. The van der Waals surface area contributed by atoms with E-state index in [1.54, 1.807) is 6.20 Å². The van der Waals surface area contributed by atoms with Gasteiger partial charge >= 0.3 is 0 Å². The predicted molar refractivity (Wildman–Crippen MR) is 53.6 cm³/mol. The fourth-order valence-electron chi connectivity index (χ4n) is 1.09. The van der Waals surface area contributed by atoms with Gasteiger partial charge in [-0.2, -0.15) is 0 Å². The Morgan fingerprint density at radius 2 is 2.46 bits per heavy atom. The van der Waals surface area contributed by atoms with Crippen molar-refractivity contribution in [1.82, 2.24) is 15.0 Å². The molecule has 13 heavy (non-hydrogen) atoms. The standard InChI is InChI=1S/C9H8ClN3/c10-4-1-2-7-6-12-9-8(13-7)3-5-11-9/h1-3,5-6H,4H2,(H,11,12). The second kappa shape index (κ2) is 3.58. The highest BCUT2D eigenvalue weighted by atomic mass is 35.5. The summed E-state index contributed by atoms with van der Waals surface area (Å²) in [6, 6.07) is 1.89. The summed E-state index contributed by atoms with van der Waals surface area (Å²) in [5, 5.41) is 0. The zero-order chi connectivity index (χ0) is 9.10. The van der Waals surface area contributed by atoms with Gasteiger partial charge in [-0.3, -0.25) is 0 Å². The van der Waals surface area contributed by atoms with Gasteiger partial charge in [0, 0.05) is 12.1 Å². The van der Waals surface area contributed by atoms with Gasteiger partial charge in [-0.15, -0.1) is 11.6 Å². The van der Waals surface area contributed by atoms with Crippen LogP contribution in [0.25, 0.3) is 17.2 Å². The first-order valence-electron chi connectivity index (χ1n) is 3.93. The molecule has 4 heteroatoms. The lowest BCUT2D eigenvalue weighted by molar-refractivity contribution is 1.24. The monoisotopic (exact) mass is 193 g/mol. The van der Waals surface area contributed by atoms with Gasteiger partial charge in [-0.25, -0.2) is 9.97 Å². The smallest absolute Gasteiger partial charge is 0.156 e.